The molecule has 1 nitrogen and oxygen atoms in total. The van der Waals surface area contributed by atoms with E-state index in [2.05, 4.69) is 0 Å². The summed E-state index contributed by atoms with van der Waals surface area (Å²) in [6.07, 6.45) is -5.63. The van der Waals surface area contributed by atoms with Gasteiger partial charge in [0.15, 0.2) is 0 Å². The van der Waals surface area contributed by atoms with Crippen LogP contribution in [0.3, 0.4) is 0 Å². The van der Waals surface area contributed by atoms with Crippen LogP contribution in [0.2, 0.25) is 0 Å². The monoisotopic (exact) mass is 230 g/mol. The van der Waals surface area contributed by atoms with Gasteiger partial charge in [-0.1, -0.05) is 29.8 Å². The van der Waals surface area contributed by atoms with Gasteiger partial charge < -0.3 is 0 Å². The van der Waals surface area contributed by atoms with Crippen molar-refractivity contribution >= 4 is 5.78 Å². The van der Waals surface area contributed by atoms with Crippen molar-refractivity contribution in [3.63, 3.8) is 0 Å². The van der Waals surface area contributed by atoms with E-state index in [0.29, 0.717) is 0 Å². The number of carbonyl (C=O) groups excluding carboxylic acids is 1. The second kappa shape index (κ2) is 5.14. The smallest absolute Gasteiger partial charge is 0.299 e. The molecule has 88 valence electrons. The Morgan fingerprint density at radius 2 is 2.00 bits per heavy atom. The molecule has 0 aromatic heterocycles. The molecule has 16 heavy (non-hydrogen) atoms. The van der Waals surface area contributed by atoms with Crippen LogP contribution >= 0.6 is 0 Å². The van der Waals surface area contributed by atoms with Crippen LogP contribution in [0.5, 0.6) is 0 Å². The first-order valence-electron chi connectivity index (χ1n) is 5.01. The number of Topliss-reactive ketones (excluding diaryl/α,β-unsaturated/α-hetero) is 1. The molecule has 0 N–H and O–H groups in total. The Labute approximate surface area is 92.3 Å². The fraction of sp³-hybridized carbons (Fsp3) is 0.417. The summed E-state index contributed by atoms with van der Waals surface area (Å²) < 4.78 is 35.6. The number of halogens is 3. The van der Waals surface area contributed by atoms with Gasteiger partial charge >= 0.3 is 6.18 Å². The minimum absolute atomic E-state index is 0.0811. The second-order valence-electron chi connectivity index (χ2n) is 3.82. The maximum atomic E-state index is 11.9. The highest BCUT2D eigenvalue weighted by Crippen LogP contribution is 2.21. The Bertz CT molecular complexity index is 369. The number of hydrogen-bond acceptors (Lipinski definition) is 1. The normalized spacial score (nSPS) is 11.5. The molecule has 0 amide bonds. The van der Waals surface area contributed by atoms with Crippen molar-refractivity contribution in [2.75, 3.05) is 0 Å². The molecule has 1 aromatic carbocycles. The number of benzene rings is 1. The average molecular weight is 230 g/mol. The van der Waals surface area contributed by atoms with Crippen molar-refractivity contribution in [3.05, 3.63) is 35.4 Å². The Morgan fingerprint density at radius 1 is 1.31 bits per heavy atom. The van der Waals surface area contributed by atoms with Crippen molar-refractivity contribution in [1.82, 2.24) is 0 Å². The standard InChI is InChI=1S/C12H13F3O/c1-9-3-2-4-10(7-9)8-11(16)5-6-12(13,14)15/h2-4,7H,5-6,8H2,1H3. The number of aryl methyl sites for hydroxylation is 1. The van der Waals surface area contributed by atoms with Crippen LogP contribution in [-0.2, 0) is 11.2 Å². The zero-order valence-corrected chi connectivity index (χ0v) is 8.97. The SMILES string of the molecule is Cc1cccc(CC(=O)CCC(F)(F)F)c1. The number of carbonyl (C=O) groups is 1. The van der Waals surface area contributed by atoms with Crippen molar-refractivity contribution in [3.8, 4) is 0 Å². The largest absolute Gasteiger partial charge is 0.389 e. The van der Waals surface area contributed by atoms with Crippen LogP contribution < -0.4 is 0 Å². The van der Waals surface area contributed by atoms with Crippen LogP contribution in [0.4, 0.5) is 13.2 Å². The highest BCUT2D eigenvalue weighted by atomic mass is 19.4. The molecule has 0 aliphatic carbocycles. The molecule has 0 radical (unpaired) electrons. The van der Waals surface area contributed by atoms with Crippen molar-refractivity contribution in [2.24, 2.45) is 0 Å². The maximum Gasteiger partial charge on any atom is 0.389 e. The van der Waals surface area contributed by atoms with Crippen LogP contribution in [-0.4, -0.2) is 12.0 Å². The minimum Gasteiger partial charge on any atom is -0.299 e. The fourth-order valence-electron chi connectivity index (χ4n) is 1.42. The Morgan fingerprint density at radius 3 is 2.56 bits per heavy atom. The van der Waals surface area contributed by atoms with E-state index in [9.17, 15) is 18.0 Å². The molecule has 0 atom stereocenters. The van der Waals surface area contributed by atoms with Gasteiger partial charge in [-0.15, -0.1) is 0 Å². The van der Waals surface area contributed by atoms with Crippen molar-refractivity contribution < 1.29 is 18.0 Å². The number of ketones is 1. The lowest BCUT2D eigenvalue weighted by Crippen LogP contribution is -2.12. The van der Waals surface area contributed by atoms with Gasteiger partial charge in [-0.3, -0.25) is 4.79 Å². The topological polar surface area (TPSA) is 17.1 Å². The van der Waals surface area contributed by atoms with Gasteiger partial charge in [0, 0.05) is 12.8 Å². The van der Waals surface area contributed by atoms with Crippen LogP contribution in [0.15, 0.2) is 24.3 Å². The molecular weight excluding hydrogens is 217 g/mol. The molecule has 1 rings (SSSR count). The highest BCUT2D eigenvalue weighted by Gasteiger charge is 2.27. The molecule has 0 unspecified atom stereocenters. The van der Waals surface area contributed by atoms with E-state index >= 15 is 0 Å². The molecule has 0 saturated heterocycles. The summed E-state index contributed by atoms with van der Waals surface area (Å²) in [5.74, 6) is -0.372. The van der Waals surface area contributed by atoms with Crippen LogP contribution in [0, 0.1) is 6.92 Å². The molecule has 0 fully saturated rings. The quantitative estimate of drug-likeness (QED) is 0.774. The minimum atomic E-state index is -4.25. The van der Waals surface area contributed by atoms with Crippen LogP contribution in [0.25, 0.3) is 0 Å². The summed E-state index contributed by atoms with van der Waals surface area (Å²) >= 11 is 0. The maximum absolute atomic E-state index is 11.9. The number of rotatable bonds is 4. The van der Waals surface area contributed by atoms with Crippen molar-refractivity contribution in [1.29, 1.82) is 0 Å². The molecule has 0 aliphatic heterocycles. The van der Waals surface area contributed by atoms with E-state index in [1.165, 1.54) is 0 Å². The van der Waals surface area contributed by atoms with Gasteiger partial charge in [0.25, 0.3) is 0 Å². The zero-order chi connectivity index (χ0) is 12.2. The number of alkyl halides is 3. The van der Waals surface area contributed by atoms with Gasteiger partial charge in [-0.2, -0.15) is 13.2 Å². The van der Waals surface area contributed by atoms with E-state index in [-0.39, 0.29) is 12.2 Å². The first kappa shape index (κ1) is 12.7. The third kappa shape index (κ3) is 4.96. The lowest BCUT2D eigenvalue weighted by molar-refractivity contribution is -0.143. The summed E-state index contributed by atoms with van der Waals surface area (Å²) in [4.78, 5) is 11.3. The first-order chi connectivity index (χ1) is 7.37. The van der Waals surface area contributed by atoms with E-state index in [1.807, 2.05) is 19.1 Å². The summed E-state index contributed by atoms with van der Waals surface area (Å²) in [7, 11) is 0. The van der Waals surface area contributed by atoms with Gasteiger partial charge in [0.05, 0.1) is 6.42 Å². The van der Waals surface area contributed by atoms with Gasteiger partial charge in [-0.05, 0) is 12.5 Å². The third-order valence-corrected chi connectivity index (χ3v) is 2.17. The lowest BCUT2D eigenvalue weighted by atomic mass is 10.0. The Balaban J connectivity index is 2.46. The summed E-state index contributed by atoms with van der Waals surface area (Å²) in [5, 5.41) is 0. The molecule has 0 heterocycles. The predicted octanol–water partition coefficient (Wildman–Crippen LogP) is 3.45. The summed E-state index contributed by atoms with van der Waals surface area (Å²) in [6.45, 7) is 1.88. The first-order valence-corrected chi connectivity index (χ1v) is 5.01. The van der Waals surface area contributed by atoms with Gasteiger partial charge in [0.1, 0.15) is 5.78 Å². The molecular formula is C12H13F3O. The van der Waals surface area contributed by atoms with E-state index in [4.69, 9.17) is 0 Å². The average Bonchev–Trinajstić information content (AvgIpc) is 2.14. The second-order valence-corrected chi connectivity index (χ2v) is 3.82. The predicted molar refractivity (Wildman–Crippen MR) is 55.2 cm³/mol. The van der Waals surface area contributed by atoms with E-state index in [0.717, 1.165) is 11.1 Å². The van der Waals surface area contributed by atoms with E-state index in [1.54, 1.807) is 12.1 Å². The fourth-order valence-corrected chi connectivity index (χ4v) is 1.42. The van der Waals surface area contributed by atoms with E-state index < -0.39 is 19.0 Å². The molecule has 0 saturated carbocycles. The van der Waals surface area contributed by atoms with Gasteiger partial charge in [0.2, 0.25) is 0 Å². The highest BCUT2D eigenvalue weighted by molar-refractivity contribution is 5.80. The molecule has 0 bridgehead atoms. The Hall–Kier alpha value is -1.32. The van der Waals surface area contributed by atoms with Crippen LogP contribution in [0.1, 0.15) is 24.0 Å². The Kier molecular flexibility index (Phi) is 4.10. The van der Waals surface area contributed by atoms with Gasteiger partial charge in [-0.25, -0.2) is 0 Å². The summed E-state index contributed by atoms with van der Waals surface area (Å²) in [6, 6.07) is 7.23. The number of hydrogen-bond donors (Lipinski definition) is 0. The zero-order valence-electron chi connectivity index (χ0n) is 8.97. The molecule has 0 aliphatic rings. The lowest BCUT2D eigenvalue weighted by Gasteiger charge is -2.05. The molecule has 0 spiro atoms. The molecule has 4 heteroatoms. The summed E-state index contributed by atoms with van der Waals surface area (Å²) in [5.41, 5.74) is 1.77. The molecule has 1 aromatic rings. The third-order valence-electron chi connectivity index (χ3n) is 2.17. The van der Waals surface area contributed by atoms with Crippen molar-refractivity contribution in [2.45, 2.75) is 32.4 Å².